The van der Waals surface area contributed by atoms with Crippen molar-refractivity contribution in [1.29, 1.82) is 0 Å². The molecule has 0 spiro atoms. The van der Waals surface area contributed by atoms with Crippen molar-refractivity contribution in [3.05, 3.63) is 29.8 Å². The smallest absolute Gasteiger partial charge is 0.149 e. The van der Waals surface area contributed by atoms with Gasteiger partial charge in [0, 0.05) is 18.7 Å². The van der Waals surface area contributed by atoms with Gasteiger partial charge in [0.15, 0.2) is 0 Å². The monoisotopic (exact) mass is 188 g/mol. The van der Waals surface area contributed by atoms with E-state index in [0.29, 0.717) is 5.92 Å². The SMILES string of the molecule is ON=C1CC2CCN1c1ccccc12. The molecule has 0 amide bonds. The first-order valence-corrected chi connectivity index (χ1v) is 4.97. The molecule has 0 aromatic heterocycles. The Labute approximate surface area is 82.6 Å². The van der Waals surface area contributed by atoms with Crippen LogP contribution in [-0.2, 0) is 0 Å². The van der Waals surface area contributed by atoms with Gasteiger partial charge in [0.1, 0.15) is 5.84 Å². The van der Waals surface area contributed by atoms with E-state index in [1.807, 2.05) is 6.07 Å². The van der Waals surface area contributed by atoms with Gasteiger partial charge in [0.05, 0.1) is 0 Å². The molecule has 3 heteroatoms. The van der Waals surface area contributed by atoms with Crippen molar-refractivity contribution in [2.45, 2.75) is 18.8 Å². The minimum absolute atomic E-state index is 0.557. The van der Waals surface area contributed by atoms with Crippen LogP contribution >= 0.6 is 0 Å². The average Bonchev–Trinajstić information content (AvgIpc) is 2.30. The van der Waals surface area contributed by atoms with E-state index in [1.54, 1.807) is 0 Å². The van der Waals surface area contributed by atoms with Crippen LogP contribution < -0.4 is 4.90 Å². The zero-order valence-corrected chi connectivity index (χ0v) is 7.85. The maximum atomic E-state index is 8.88. The van der Waals surface area contributed by atoms with Gasteiger partial charge in [-0.2, -0.15) is 0 Å². The zero-order valence-electron chi connectivity index (χ0n) is 7.85. The maximum absolute atomic E-state index is 8.88. The maximum Gasteiger partial charge on any atom is 0.149 e. The third-order valence-electron chi connectivity index (χ3n) is 3.22. The van der Waals surface area contributed by atoms with E-state index >= 15 is 0 Å². The second kappa shape index (κ2) is 2.74. The lowest BCUT2D eigenvalue weighted by atomic mass is 9.82. The summed E-state index contributed by atoms with van der Waals surface area (Å²) in [6, 6.07) is 8.40. The van der Waals surface area contributed by atoms with Crippen LogP contribution in [-0.4, -0.2) is 17.6 Å². The third kappa shape index (κ3) is 0.895. The molecule has 72 valence electrons. The number of rotatable bonds is 0. The van der Waals surface area contributed by atoms with Crippen LogP contribution in [0.1, 0.15) is 24.3 Å². The fraction of sp³-hybridized carbons (Fsp3) is 0.364. The van der Waals surface area contributed by atoms with Crippen LogP contribution in [0.5, 0.6) is 0 Å². The lowest BCUT2D eigenvalue weighted by molar-refractivity contribution is 0.313. The molecule has 3 heterocycles. The minimum Gasteiger partial charge on any atom is -0.409 e. The zero-order chi connectivity index (χ0) is 9.54. The number of hydrogen-bond donors (Lipinski definition) is 1. The van der Waals surface area contributed by atoms with E-state index in [-0.39, 0.29) is 0 Å². The molecule has 0 saturated carbocycles. The summed E-state index contributed by atoms with van der Waals surface area (Å²) in [5.74, 6) is 1.38. The van der Waals surface area contributed by atoms with Crippen molar-refractivity contribution in [3.63, 3.8) is 0 Å². The van der Waals surface area contributed by atoms with Crippen LogP contribution in [0.15, 0.2) is 29.4 Å². The molecule has 2 bridgehead atoms. The molecule has 14 heavy (non-hydrogen) atoms. The third-order valence-corrected chi connectivity index (χ3v) is 3.22. The molecular formula is C11H12N2O. The Hall–Kier alpha value is -1.51. The van der Waals surface area contributed by atoms with Gasteiger partial charge in [0.2, 0.25) is 0 Å². The number of piperidine rings is 1. The quantitative estimate of drug-likeness (QED) is 0.500. The molecule has 1 N–H and O–H groups in total. The largest absolute Gasteiger partial charge is 0.409 e. The molecule has 4 rings (SSSR count). The number of oxime groups is 1. The van der Waals surface area contributed by atoms with Crippen molar-refractivity contribution in [1.82, 2.24) is 0 Å². The Bertz CT molecular complexity index is 400. The molecule has 0 aliphatic carbocycles. The summed E-state index contributed by atoms with van der Waals surface area (Å²) >= 11 is 0. The van der Waals surface area contributed by atoms with Crippen LogP contribution in [0.25, 0.3) is 0 Å². The molecule has 1 atom stereocenters. The Morgan fingerprint density at radius 1 is 1.36 bits per heavy atom. The Kier molecular flexibility index (Phi) is 1.54. The average molecular weight is 188 g/mol. The fourth-order valence-electron chi connectivity index (χ4n) is 2.54. The van der Waals surface area contributed by atoms with Crippen molar-refractivity contribution < 1.29 is 5.21 Å². The molecule has 1 saturated heterocycles. The molecule has 1 unspecified atom stereocenters. The van der Waals surface area contributed by atoms with Crippen molar-refractivity contribution >= 4 is 11.5 Å². The first kappa shape index (κ1) is 7.85. The second-order valence-electron chi connectivity index (χ2n) is 3.92. The molecule has 0 radical (unpaired) electrons. The summed E-state index contributed by atoms with van der Waals surface area (Å²) in [6.45, 7) is 0.987. The number of fused-ring (bicyclic) bond motifs is 2. The summed E-state index contributed by atoms with van der Waals surface area (Å²) in [6.07, 6.45) is 2.06. The summed E-state index contributed by atoms with van der Waals surface area (Å²) in [4.78, 5) is 2.12. The first-order chi connectivity index (χ1) is 6.90. The molecule has 3 aliphatic rings. The molecule has 3 aliphatic heterocycles. The minimum atomic E-state index is 0.557. The standard InChI is InChI=1S/C11H12N2O/c14-12-11-7-8-5-6-13(11)10-4-2-1-3-9(8)10/h1-4,8,14H,5-7H2. The summed E-state index contributed by atoms with van der Waals surface area (Å²) < 4.78 is 0. The molecule has 1 fully saturated rings. The van der Waals surface area contributed by atoms with E-state index in [9.17, 15) is 0 Å². The van der Waals surface area contributed by atoms with Gasteiger partial charge in [-0.3, -0.25) is 0 Å². The lowest BCUT2D eigenvalue weighted by Gasteiger charge is -2.41. The molecule has 3 nitrogen and oxygen atoms in total. The van der Waals surface area contributed by atoms with E-state index in [4.69, 9.17) is 5.21 Å². The molecule has 1 aromatic carbocycles. The number of benzene rings is 1. The molecular weight excluding hydrogens is 176 g/mol. The van der Waals surface area contributed by atoms with Gasteiger partial charge in [-0.15, -0.1) is 0 Å². The number of para-hydroxylation sites is 1. The number of nitrogens with zero attached hydrogens (tertiary/aromatic N) is 2. The Balaban J connectivity index is 2.17. The summed E-state index contributed by atoms with van der Waals surface area (Å²) in [7, 11) is 0. The van der Waals surface area contributed by atoms with Crippen LogP contribution in [0, 0.1) is 0 Å². The molecule has 1 aromatic rings. The summed E-state index contributed by atoms with van der Waals surface area (Å²) in [5, 5.41) is 12.3. The topological polar surface area (TPSA) is 35.8 Å². The first-order valence-electron chi connectivity index (χ1n) is 4.97. The fourth-order valence-corrected chi connectivity index (χ4v) is 2.54. The van der Waals surface area contributed by atoms with Gasteiger partial charge in [-0.25, -0.2) is 0 Å². The van der Waals surface area contributed by atoms with Gasteiger partial charge in [0.25, 0.3) is 0 Å². The van der Waals surface area contributed by atoms with Crippen LogP contribution in [0.2, 0.25) is 0 Å². The normalized spacial score (nSPS) is 26.7. The van der Waals surface area contributed by atoms with E-state index < -0.39 is 0 Å². The highest BCUT2D eigenvalue weighted by atomic mass is 16.4. The van der Waals surface area contributed by atoms with Gasteiger partial charge < -0.3 is 10.1 Å². The van der Waals surface area contributed by atoms with Gasteiger partial charge in [-0.05, 0) is 24.0 Å². The predicted molar refractivity (Wildman–Crippen MR) is 55.0 cm³/mol. The van der Waals surface area contributed by atoms with Crippen molar-refractivity contribution in [3.8, 4) is 0 Å². The highest BCUT2D eigenvalue weighted by molar-refractivity contribution is 6.01. The lowest BCUT2D eigenvalue weighted by Crippen LogP contribution is -2.43. The van der Waals surface area contributed by atoms with E-state index in [2.05, 4.69) is 28.3 Å². The van der Waals surface area contributed by atoms with Crippen LogP contribution in [0.3, 0.4) is 0 Å². The summed E-state index contributed by atoms with van der Waals surface area (Å²) in [5.41, 5.74) is 2.63. The van der Waals surface area contributed by atoms with Crippen molar-refractivity contribution in [2.75, 3.05) is 11.4 Å². The Morgan fingerprint density at radius 2 is 2.21 bits per heavy atom. The predicted octanol–water partition coefficient (Wildman–Crippen LogP) is 2.17. The van der Waals surface area contributed by atoms with Crippen molar-refractivity contribution in [2.24, 2.45) is 5.16 Å². The number of amidine groups is 1. The number of hydrogen-bond acceptors (Lipinski definition) is 2. The highest BCUT2D eigenvalue weighted by Crippen LogP contribution is 2.42. The highest BCUT2D eigenvalue weighted by Gasteiger charge is 2.34. The Morgan fingerprint density at radius 3 is 3.07 bits per heavy atom. The van der Waals surface area contributed by atoms with Crippen LogP contribution in [0.4, 0.5) is 5.69 Å². The van der Waals surface area contributed by atoms with E-state index in [0.717, 1.165) is 18.8 Å². The van der Waals surface area contributed by atoms with E-state index in [1.165, 1.54) is 17.7 Å². The van der Waals surface area contributed by atoms with Gasteiger partial charge in [-0.1, -0.05) is 23.4 Å². The van der Waals surface area contributed by atoms with Gasteiger partial charge >= 0.3 is 0 Å². The number of anilines is 1. The second-order valence-corrected chi connectivity index (χ2v) is 3.92.